The SMILES string of the molecule is CS(=O)(=O)N(Cc1ccc(F)cc1)c1ccc(OCC(=O)N2CCOCC2)cc1. The van der Waals surface area contributed by atoms with Gasteiger partial charge in [0.15, 0.2) is 6.61 Å². The van der Waals surface area contributed by atoms with Crippen LogP contribution < -0.4 is 9.04 Å². The molecule has 156 valence electrons. The Morgan fingerprint density at radius 3 is 2.31 bits per heavy atom. The van der Waals surface area contributed by atoms with Crippen molar-refractivity contribution in [1.82, 2.24) is 4.90 Å². The van der Waals surface area contributed by atoms with Gasteiger partial charge in [0.25, 0.3) is 5.91 Å². The fourth-order valence-electron chi connectivity index (χ4n) is 2.91. The Kier molecular flexibility index (Phi) is 6.71. The fourth-order valence-corrected chi connectivity index (χ4v) is 3.80. The lowest BCUT2D eigenvalue weighted by atomic mass is 10.2. The van der Waals surface area contributed by atoms with E-state index in [0.29, 0.717) is 43.3 Å². The van der Waals surface area contributed by atoms with Gasteiger partial charge in [0, 0.05) is 13.1 Å². The van der Waals surface area contributed by atoms with Gasteiger partial charge in [-0.2, -0.15) is 0 Å². The summed E-state index contributed by atoms with van der Waals surface area (Å²) >= 11 is 0. The van der Waals surface area contributed by atoms with Gasteiger partial charge in [0.05, 0.1) is 31.7 Å². The fraction of sp³-hybridized carbons (Fsp3) is 0.350. The molecule has 1 aliphatic heterocycles. The number of nitrogens with zero attached hydrogens (tertiary/aromatic N) is 2. The van der Waals surface area contributed by atoms with Crippen LogP contribution in [0.1, 0.15) is 5.56 Å². The standard InChI is InChI=1S/C20H23FN2O5S/c1-29(25,26)23(14-16-2-4-17(21)5-3-16)18-6-8-19(9-7-18)28-15-20(24)22-10-12-27-13-11-22/h2-9H,10-15H2,1H3. The zero-order valence-corrected chi connectivity index (χ0v) is 16.9. The van der Waals surface area contributed by atoms with Gasteiger partial charge >= 0.3 is 0 Å². The maximum Gasteiger partial charge on any atom is 0.260 e. The first kappa shape index (κ1) is 21.1. The van der Waals surface area contributed by atoms with Crippen LogP contribution in [0.3, 0.4) is 0 Å². The number of hydrogen-bond donors (Lipinski definition) is 0. The van der Waals surface area contributed by atoms with Crippen molar-refractivity contribution in [3.8, 4) is 5.75 Å². The molecule has 0 atom stereocenters. The molecular formula is C20H23FN2O5S. The second kappa shape index (κ2) is 9.23. The van der Waals surface area contributed by atoms with E-state index in [1.54, 1.807) is 41.3 Å². The quantitative estimate of drug-likeness (QED) is 0.683. The van der Waals surface area contributed by atoms with Crippen LogP contribution in [0, 0.1) is 5.82 Å². The molecule has 1 saturated heterocycles. The van der Waals surface area contributed by atoms with Crippen molar-refractivity contribution >= 4 is 21.6 Å². The molecule has 0 spiro atoms. The van der Waals surface area contributed by atoms with E-state index in [9.17, 15) is 17.6 Å². The van der Waals surface area contributed by atoms with Crippen LogP contribution in [0.4, 0.5) is 10.1 Å². The molecule has 2 aromatic carbocycles. The number of ether oxygens (including phenoxy) is 2. The average Bonchev–Trinajstić information content (AvgIpc) is 2.72. The largest absolute Gasteiger partial charge is 0.484 e. The first-order chi connectivity index (χ1) is 13.8. The summed E-state index contributed by atoms with van der Waals surface area (Å²) in [4.78, 5) is 13.8. The molecule has 2 aromatic rings. The van der Waals surface area contributed by atoms with Crippen LogP contribution >= 0.6 is 0 Å². The Morgan fingerprint density at radius 1 is 1.10 bits per heavy atom. The highest BCUT2D eigenvalue weighted by atomic mass is 32.2. The molecule has 9 heteroatoms. The smallest absolute Gasteiger partial charge is 0.260 e. The highest BCUT2D eigenvalue weighted by Crippen LogP contribution is 2.24. The number of carbonyl (C=O) groups excluding carboxylic acids is 1. The third-order valence-corrected chi connectivity index (χ3v) is 5.63. The summed E-state index contributed by atoms with van der Waals surface area (Å²) < 4.78 is 49.5. The van der Waals surface area contributed by atoms with Crippen molar-refractivity contribution in [2.75, 3.05) is 43.5 Å². The van der Waals surface area contributed by atoms with Crippen LogP contribution in [0.2, 0.25) is 0 Å². The lowest BCUT2D eigenvalue weighted by Gasteiger charge is -2.26. The number of hydrogen-bond acceptors (Lipinski definition) is 5. The van der Waals surface area contributed by atoms with Gasteiger partial charge in [-0.25, -0.2) is 12.8 Å². The lowest BCUT2D eigenvalue weighted by molar-refractivity contribution is -0.137. The number of sulfonamides is 1. The highest BCUT2D eigenvalue weighted by molar-refractivity contribution is 7.92. The van der Waals surface area contributed by atoms with Gasteiger partial charge in [-0.3, -0.25) is 9.10 Å². The lowest BCUT2D eigenvalue weighted by Crippen LogP contribution is -2.42. The monoisotopic (exact) mass is 422 g/mol. The first-order valence-electron chi connectivity index (χ1n) is 9.13. The Morgan fingerprint density at radius 2 is 1.72 bits per heavy atom. The van der Waals surface area contributed by atoms with Gasteiger partial charge < -0.3 is 14.4 Å². The van der Waals surface area contributed by atoms with Gasteiger partial charge in [0.1, 0.15) is 11.6 Å². The van der Waals surface area contributed by atoms with E-state index in [-0.39, 0.29) is 24.9 Å². The molecule has 1 heterocycles. The third kappa shape index (κ3) is 5.91. The van der Waals surface area contributed by atoms with Crippen LogP contribution in [0.25, 0.3) is 0 Å². The van der Waals surface area contributed by atoms with Crippen molar-refractivity contribution in [1.29, 1.82) is 0 Å². The summed E-state index contributed by atoms with van der Waals surface area (Å²) in [5, 5.41) is 0. The minimum Gasteiger partial charge on any atom is -0.484 e. The number of anilines is 1. The summed E-state index contributed by atoms with van der Waals surface area (Å²) in [5.74, 6) is -0.0372. The third-order valence-electron chi connectivity index (χ3n) is 4.49. The number of carbonyl (C=O) groups is 1. The van der Waals surface area contributed by atoms with Gasteiger partial charge in [-0.1, -0.05) is 12.1 Å². The van der Waals surface area contributed by atoms with Gasteiger partial charge in [-0.15, -0.1) is 0 Å². The average molecular weight is 422 g/mol. The van der Waals surface area contributed by atoms with E-state index in [4.69, 9.17) is 9.47 Å². The summed E-state index contributed by atoms with van der Waals surface area (Å²) in [6, 6.07) is 12.1. The molecule has 1 aliphatic rings. The second-order valence-corrected chi connectivity index (χ2v) is 8.58. The zero-order chi connectivity index (χ0) is 20.9. The number of halogens is 1. The van der Waals surface area contributed by atoms with Gasteiger partial charge in [-0.05, 0) is 42.0 Å². The van der Waals surface area contributed by atoms with E-state index in [0.717, 1.165) is 6.26 Å². The van der Waals surface area contributed by atoms with Crippen molar-refractivity contribution in [3.63, 3.8) is 0 Å². The predicted octanol–water partition coefficient (Wildman–Crippen LogP) is 2.03. The Labute approximate surface area is 169 Å². The van der Waals surface area contributed by atoms with E-state index >= 15 is 0 Å². The molecular weight excluding hydrogens is 399 g/mol. The molecule has 0 bridgehead atoms. The normalized spacial score (nSPS) is 14.5. The number of morpholine rings is 1. The van der Waals surface area contributed by atoms with E-state index in [1.807, 2.05) is 0 Å². The molecule has 29 heavy (non-hydrogen) atoms. The van der Waals surface area contributed by atoms with E-state index in [1.165, 1.54) is 16.4 Å². The minimum atomic E-state index is -3.55. The summed E-state index contributed by atoms with van der Waals surface area (Å²) in [7, 11) is -3.55. The molecule has 0 radical (unpaired) electrons. The Bertz CT molecular complexity index is 926. The number of benzene rings is 2. The van der Waals surface area contributed by atoms with Crippen LogP contribution in [0.5, 0.6) is 5.75 Å². The van der Waals surface area contributed by atoms with E-state index in [2.05, 4.69) is 0 Å². The number of amides is 1. The molecule has 3 rings (SSSR count). The molecule has 7 nitrogen and oxygen atoms in total. The Hall–Kier alpha value is -2.65. The van der Waals surface area contributed by atoms with Crippen molar-refractivity contribution in [2.45, 2.75) is 6.54 Å². The maximum atomic E-state index is 13.1. The second-order valence-electron chi connectivity index (χ2n) is 6.67. The summed E-state index contributed by atoms with van der Waals surface area (Å²) in [5.41, 5.74) is 1.11. The summed E-state index contributed by atoms with van der Waals surface area (Å²) in [6.45, 7) is 2.13. The van der Waals surface area contributed by atoms with Crippen molar-refractivity contribution in [3.05, 3.63) is 59.9 Å². The molecule has 0 aliphatic carbocycles. The molecule has 1 amide bonds. The zero-order valence-electron chi connectivity index (χ0n) is 16.1. The highest BCUT2D eigenvalue weighted by Gasteiger charge is 2.19. The van der Waals surface area contributed by atoms with E-state index < -0.39 is 10.0 Å². The van der Waals surface area contributed by atoms with Crippen molar-refractivity contribution in [2.24, 2.45) is 0 Å². The van der Waals surface area contributed by atoms with Crippen LogP contribution in [-0.2, 0) is 26.1 Å². The minimum absolute atomic E-state index is 0.0782. The molecule has 1 fully saturated rings. The summed E-state index contributed by atoms with van der Waals surface area (Å²) in [6.07, 6.45) is 1.11. The number of rotatable bonds is 7. The Balaban J connectivity index is 1.65. The topological polar surface area (TPSA) is 76.2 Å². The van der Waals surface area contributed by atoms with Gasteiger partial charge in [0.2, 0.25) is 10.0 Å². The molecule has 0 N–H and O–H groups in total. The van der Waals surface area contributed by atoms with Crippen LogP contribution in [0.15, 0.2) is 48.5 Å². The predicted molar refractivity (Wildman–Crippen MR) is 107 cm³/mol. The van der Waals surface area contributed by atoms with Crippen LogP contribution in [-0.4, -0.2) is 58.4 Å². The molecule has 0 unspecified atom stereocenters. The molecule has 0 aromatic heterocycles. The van der Waals surface area contributed by atoms with Crippen molar-refractivity contribution < 1.29 is 27.1 Å². The molecule has 0 saturated carbocycles. The maximum absolute atomic E-state index is 13.1. The first-order valence-corrected chi connectivity index (χ1v) is 11.0.